The van der Waals surface area contributed by atoms with Gasteiger partial charge in [0.2, 0.25) is 0 Å². The van der Waals surface area contributed by atoms with Gasteiger partial charge in [-0.3, -0.25) is 0 Å². The first-order chi connectivity index (χ1) is 16.5. The molecule has 0 saturated carbocycles. The predicted octanol–water partition coefficient (Wildman–Crippen LogP) is 3.28. The van der Waals surface area contributed by atoms with Gasteiger partial charge in [0.1, 0.15) is 0 Å². The second-order valence-corrected chi connectivity index (χ2v) is 11.7. The topological polar surface area (TPSA) is 152 Å². The van der Waals surface area contributed by atoms with Crippen molar-refractivity contribution < 1.29 is 37.3 Å². The molecule has 0 unspecified atom stereocenters. The maximum Gasteiger partial charge on any atom is 0.256 e. The molecule has 0 bridgehead atoms. The molecule has 0 spiro atoms. The van der Waals surface area contributed by atoms with Gasteiger partial charge < -0.3 is 20.4 Å². The fourth-order valence-corrected chi connectivity index (χ4v) is 7.34. The van der Waals surface area contributed by atoms with E-state index in [0.29, 0.717) is 5.56 Å². The lowest BCUT2D eigenvalue weighted by Gasteiger charge is -2.23. The highest BCUT2D eigenvalue weighted by atomic mass is 32.3. The Morgan fingerprint density at radius 3 is 1.66 bits per heavy atom. The van der Waals surface area contributed by atoms with Gasteiger partial charge in [0.05, 0.1) is 9.79 Å². The number of sulfonamides is 2. The Balaban J connectivity index is 1.82. The monoisotopic (exact) mass is 515 g/mol. The molecule has 4 aromatic rings. The number of benzene rings is 4. The number of rotatable bonds is 7. The number of fused-ring (bicyclic) bond motifs is 1. The largest absolute Gasteiger partial charge is 0.504 e. The Morgan fingerprint density at radius 1 is 0.600 bits per heavy atom. The molecule has 0 amide bonds. The van der Waals surface area contributed by atoms with Crippen LogP contribution in [0.3, 0.4) is 0 Å². The third-order valence-electron chi connectivity index (χ3n) is 5.47. The SMILES string of the molecule is O=S(=O)(c1ccc(O)c(O)c1)N(CCc1cccc2ccccc12)S(=O)(=O)c1ccc(O)c(O)c1. The van der Waals surface area contributed by atoms with Gasteiger partial charge in [0.25, 0.3) is 20.0 Å². The van der Waals surface area contributed by atoms with Gasteiger partial charge >= 0.3 is 0 Å². The van der Waals surface area contributed by atoms with E-state index in [1.807, 2.05) is 30.3 Å². The zero-order valence-electron chi connectivity index (χ0n) is 18.1. The van der Waals surface area contributed by atoms with Gasteiger partial charge in [-0.1, -0.05) is 46.2 Å². The molecule has 0 atom stereocenters. The molecule has 0 aliphatic rings. The molecular formula is C24H21NO8S2. The van der Waals surface area contributed by atoms with Crippen LogP contribution >= 0.6 is 0 Å². The lowest BCUT2D eigenvalue weighted by molar-refractivity contribution is 0.401. The Labute approximate surface area is 201 Å². The van der Waals surface area contributed by atoms with Crippen molar-refractivity contribution in [1.82, 2.24) is 3.71 Å². The first-order valence-corrected chi connectivity index (χ1v) is 13.2. The van der Waals surface area contributed by atoms with E-state index in [4.69, 9.17) is 0 Å². The highest BCUT2D eigenvalue weighted by Gasteiger charge is 2.37. The summed E-state index contributed by atoms with van der Waals surface area (Å²) < 4.78 is 54.3. The van der Waals surface area contributed by atoms with Crippen molar-refractivity contribution in [3.8, 4) is 23.0 Å². The van der Waals surface area contributed by atoms with Crippen molar-refractivity contribution in [1.29, 1.82) is 0 Å². The fourth-order valence-electron chi connectivity index (χ4n) is 3.65. The number of aromatic hydroxyl groups is 4. The van der Waals surface area contributed by atoms with Crippen LogP contribution in [0, 0.1) is 0 Å². The molecule has 182 valence electrons. The van der Waals surface area contributed by atoms with Crippen molar-refractivity contribution in [2.24, 2.45) is 0 Å². The van der Waals surface area contributed by atoms with Crippen LogP contribution in [0.2, 0.25) is 0 Å². The average Bonchev–Trinajstić information content (AvgIpc) is 2.82. The van der Waals surface area contributed by atoms with E-state index in [9.17, 15) is 37.3 Å². The molecule has 0 saturated heterocycles. The van der Waals surface area contributed by atoms with Crippen molar-refractivity contribution in [3.63, 3.8) is 0 Å². The summed E-state index contributed by atoms with van der Waals surface area (Å²) >= 11 is 0. The smallest absolute Gasteiger partial charge is 0.256 e. The number of hydrogen-bond donors (Lipinski definition) is 4. The molecule has 0 radical (unpaired) electrons. The summed E-state index contributed by atoms with van der Waals surface area (Å²) in [4.78, 5) is -1.12. The van der Waals surface area contributed by atoms with Crippen LogP contribution in [0.25, 0.3) is 10.8 Å². The highest BCUT2D eigenvalue weighted by molar-refractivity contribution is 8.04. The summed E-state index contributed by atoms with van der Waals surface area (Å²) in [5, 5.41) is 40.5. The zero-order chi connectivity index (χ0) is 25.4. The summed E-state index contributed by atoms with van der Waals surface area (Å²) in [5.74, 6) is -2.62. The first-order valence-electron chi connectivity index (χ1n) is 10.3. The highest BCUT2D eigenvalue weighted by Crippen LogP contribution is 2.33. The molecule has 4 rings (SSSR count). The Hall–Kier alpha value is -3.80. The van der Waals surface area contributed by atoms with E-state index in [1.165, 1.54) is 0 Å². The van der Waals surface area contributed by atoms with Crippen molar-refractivity contribution >= 4 is 30.8 Å². The minimum Gasteiger partial charge on any atom is -0.504 e. The number of nitrogens with zero attached hydrogens (tertiary/aromatic N) is 1. The summed E-state index contributed by atoms with van der Waals surface area (Å²) in [6.07, 6.45) is 0.0218. The summed E-state index contributed by atoms with van der Waals surface area (Å²) in [5.41, 5.74) is 0.709. The van der Waals surface area contributed by atoms with Crippen LogP contribution < -0.4 is 0 Å². The van der Waals surface area contributed by atoms with Crippen molar-refractivity contribution in [2.75, 3.05) is 6.54 Å². The third kappa shape index (κ3) is 4.61. The van der Waals surface area contributed by atoms with Crippen molar-refractivity contribution in [2.45, 2.75) is 16.2 Å². The molecule has 35 heavy (non-hydrogen) atoms. The van der Waals surface area contributed by atoms with Gasteiger partial charge in [-0.25, -0.2) is 16.8 Å². The lowest BCUT2D eigenvalue weighted by atomic mass is 10.0. The summed E-state index contributed by atoms with van der Waals surface area (Å²) in [6.45, 7) is -0.498. The van der Waals surface area contributed by atoms with E-state index in [0.717, 1.165) is 47.2 Å². The van der Waals surface area contributed by atoms with E-state index >= 15 is 0 Å². The van der Waals surface area contributed by atoms with Gasteiger partial charge in [0, 0.05) is 18.7 Å². The average molecular weight is 516 g/mol. The van der Waals surface area contributed by atoms with E-state index in [1.54, 1.807) is 12.1 Å². The Kier molecular flexibility index (Phi) is 6.32. The number of phenolic OH excluding ortho intramolecular Hbond substituents is 4. The van der Waals surface area contributed by atoms with Crippen LogP contribution in [0.1, 0.15) is 5.56 Å². The predicted molar refractivity (Wildman–Crippen MR) is 128 cm³/mol. The minimum atomic E-state index is -4.76. The maximum absolute atomic E-state index is 13.5. The lowest BCUT2D eigenvalue weighted by Crippen LogP contribution is -2.38. The summed E-state index contributed by atoms with van der Waals surface area (Å²) in [6, 6.07) is 18.1. The van der Waals surface area contributed by atoms with E-state index in [-0.39, 0.29) is 10.1 Å². The zero-order valence-corrected chi connectivity index (χ0v) is 19.7. The maximum atomic E-state index is 13.5. The van der Waals surface area contributed by atoms with Crippen LogP contribution in [-0.2, 0) is 26.5 Å². The standard InChI is InChI=1S/C24H21NO8S2/c26-21-10-8-18(14-23(21)28)34(30,31)25(35(32,33)19-9-11-22(27)24(29)15-19)13-12-17-6-3-5-16-4-1-2-7-20(16)17/h1-11,14-15,26-29H,12-13H2. The molecule has 0 heterocycles. The molecule has 0 fully saturated rings. The van der Waals surface area contributed by atoms with Crippen LogP contribution in [0.4, 0.5) is 0 Å². The second-order valence-electron chi connectivity index (χ2n) is 7.70. The van der Waals surface area contributed by atoms with Crippen LogP contribution in [0.5, 0.6) is 23.0 Å². The van der Waals surface area contributed by atoms with E-state index < -0.39 is 59.4 Å². The second kappa shape index (κ2) is 9.10. The molecule has 0 aliphatic carbocycles. The Morgan fingerprint density at radius 2 is 1.11 bits per heavy atom. The molecule has 0 aromatic heterocycles. The van der Waals surface area contributed by atoms with Gasteiger partial charge in [-0.2, -0.15) is 0 Å². The molecule has 4 aromatic carbocycles. The molecule has 0 aliphatic heterocycles. The van der Waals surface area contributed by atoms with Gasteiger partial charge in [0.15, 0.2) is 23.0 Å². The molecule has 4 N–H and O–H groups in total. The molecular weight excluding hydrogens is 494 g/mol. The summed E-state index contributed by atoms with van der Waals surface area (Å²) in [7, 11) is -9.52. The van der Waals surface area contributed by atoms with Crippen LogP contribution in [0.15, 0.2) is 88.7 Å². The number of phenols is 4. The van der Waals surface area contributed by atoms with Gasteiger partial charge in [-0.05, 0) is 47.0 Å². The number of hydrogen-bond acceptors (Lipinski definition) is 8. The quantitative estimate of drug-likeness (QED) is 0.274. The third-order valence-corrected chi connectivity index (χ3v) is 9.78. The van der Waals surface area contributed by atoms with E-state index in [2.05, 4.69) is 0 Å². The fraction of sp³-hybridized carbons (Fsp3) is 0.0833. The molecule has 11 heteroatoms. The van der Waals surface area contributed by atoms with Crippen molar-refractivity contribution in [3.05, 3.63) is 84.4 Å². The molecule has 9 nitrogen and oxygen atoms in total. The van der Waals surface area contributed by atoms with Crippen LogP contribution in [-0.4, -0.2) is 47.5 Å². The normalized spacial score (nSPS) is 12.3. The Bertz CT molecular complexity index is 1550. The first kappa shape index (κ1) is 24.3. The minimum absolute atomic E-state index is 0.0218. The van der Waals surface area contributed by atoms with Gasteiger partial charge in [-0.15, -0.1) is 0 Å².